The normalized spacial score (nSPS) is 18.8. The second kappa shape index (κ2) is 18.0. The van der Waals surface area contributed by atoms with Gasteiger partial charge in [0.2, 0.25) is 5.91 Å². The van der Waals surface area contributed by atoms with Gasteiger partial charge >= 0.3 is 12.2 Å². The van der Waals surface area contributed by atoms with Crippen molar-refractivity contribution >= 4 is 46.2 Å². The molecule has 4 aliphatic rings. The first-order valence-electron chi connectivity index (χ1n) is 22.3. The van der Waals surface area contributed by atoms with Gasteiger partial charge < -0.3 is 34.9 Å². The van der Waals surface area contributed by atoms with Crippen LogP contribution in [-0.4, -0.2) is 88.9 Å². The molecule has 64 heavy (non-hydrogen) atoms. The Hall–Kier alpha value is -6.94. The largest absolute Gasteiger partial charge is 0.453 e. The first-order valence-corrected chi connectivity index (χ1v) is 22.3. The van der Waals surface area contributed by atoms with Crippen LogP contribution in [0.2, 0.25) is 0 Å². The number of aromatic amines is 1. The van der Waals surface area contributed by atoms with Crippen molar-refractivity contribution in [2.24, 2.45) is 16.8 Å². The summed E-state index contributed by atoms with van der Waals surface area (Å²) in [5, 5.41) is 7.71. The molecule has 4 amide bonds. The summed E-state index contributed by atoms with van der Waals surface area (Å²) in [6.45, 7) is 5.01. The molecular weight excluding hydrogens is 807 g/mol. The average Bonchev–Trinajstić information content (AvgIpc) is 3.77. The Kier molecular flexibility index (Phi) is 11.9. The summed E-state index contributed by atoms with van der Waals surface area (Å²) in [5.41, 5.74) is 8.53. The lowest BCUT2D eigenvalue weighted by Gasteiger charge is -2.30. The van der Waals surface area contributed by atoms with Gasteiger partial charge in [-0.1, -0.05) is 86.4 Å². The molecule has 4 aromatic carbocycles. The van der Waals surface area contributed by atoms with Crippen molar-refractivity contribution in [1.82, 2.24) is 30.4 Å². The van der Waals surface area contributed by atoms with Crippen LogP contribution in [0.25, 0.3) is 33.2 Å². The number of aliphatic imine (C=N–C) groups is 1. The van der Waals surface area contributed by atoms with Crippen molar-refractivity contribution in [2.75, 3.05) is 27.3 Å². The van der Waals surface area contributed by atoms with Crippen LogP contribution in [0.3, 0.4) is 0 Å². The first-order chi connectivity index (χ1) is 31.1. The number of rotatable bonds is 10. The number of carbonyl (C=O) groups excluding carboxylic acids is 4. The molecule has 4 heterocycles. The quantitative estimate of drug-likeness (QED) is 0.119. The minimum Gasteiger partial charge on any atom is -0.453 e. The predicted octanol–water partition coefficient (Wildman–Crippen LogP) is 8.42. The molecule has 5 aromatic rings. The second-order valence-electron chi connectivity index (χ2n) is 17.5. The summed E-state index contributed by atoms with van der Waals surface area (Å²) in [6, 6.07) is 24.3. The molecule has 0 unspecified atom stereocenters. The summed E-state index contributed by atoms with van der Waals surface area (Å²) in [4.78, 5) is 69.5. The fourth-order valence-electron chi connectivity index (χ4n) is 9.38. The van der Waals surface area contributed by atoms with Crippen molar-refractivity contribution in [3.63, 3.8) is 0 Å². The van der Waals surface area contributed by atoms with E-state index >= 15 is 0 Å². The summed E-state index contributed by atoms with van der Waals surface area (Å²) in [5.74, 6) is 7.68. The fraction of sp³-hybridized carbons (Fsp3) is 0.373. The smallest absolute Gasteiger partial charge is 0.407 e. The SMILES string of the molecule is COC(=O)N[C@H](C(=O)N1CCC[C@H]1C1=Nc2ccc3cc(-c4ccc(-c5cnc([C@@H]6CCCN6C(=O)[C@H](NC(=O)OC)c6ccccc6)[nH]5)cc4C#CC4CC4)ccc3c2C1)C(C)C. The summed E-state index contributed by atoms with van der Waals surface area (Å²) in [7, 11) is 2.59. The van der Waals surface area contributed by atoms with E-state index in [4.69, 9.17) is 19.5 Å². The number of carbonyl (C=O) groups is 4. The zero-order valence-corrected chi connectivity index (χ0v) is 36.6. The van der Waals surface area contributed by atoms with Crippen LogP contribution in [0.4, 0.5) is 15.3 Å². The number of nitrogens with one attached hydrogen (secondary N) is 3. The molecule has 1 saturated carbocycles. The average molecular weight is 860 g/mol. The minimum absolute atomic E-state index is 0.103. The van der Waals surface area contributed by atoms with Crippen molar-refractivity contribution in [1.29, 1.82) is 0 Å². The molecule has 0 spiro atoms. The molecule has 0 radical (unpaired) electrons. The zero-order chi connectivity index (χ0) is 44.5. The molecule has 3 fully saturated rings. The number of hydrogen-bond acceptors (Lipinski definition) is 8. The van der Waals surface area contributed by atoms with E-state index in [1.54, 1.807) is 4.90 Å². The Labute approximate surface area is 373 Å². The number of benzene rings is 4. The molecule has 2 saturated heterocycles. The maximum atomic E-state index is 14.1. The lowest BCUT2D eigenvalue weighted by Crippen LogP contribution is -2.53. The molecule has 328 valence electrons. The highest BCUT2D eigenvalue weighted by atomic mass is 16.5. The highest BCUT2D eigenvalue weighted by Gasteiger charge is 2.40. The van der Waals surface area contributed by atoms with Crippen LogP contribution in [0.1, 0.15) is 87.0 Å². The molecule has 3 aliphatic heterocycles. The molecule has 1 aromatic heterocycles. The predicted molar refractivity (Wildman–Crippen MR) is 245 cm³/mol. The maximum absolute atomic E-state index is 14.1. The molecule has 3 N–H and O–H groups in total. The van der Waals surface area contributed by atoms with Crippen LogP contribution >= 0.6 is 0 Å². The molecule has 9 rings (SSSR count). The fourth-order valence-corrected chi connectivity index (χ4v) is 9.38. The van der Waals surface area contributed by atoms with Crippen LogP contribution < -0.4 is 10.6 Å². The van der Waals surface area contributed by atoms with Crippen LogP contribution in [0, 0.1) is 23.7 Å². The number of imidazole rings is 1. The third-order valence-corrected chi connectivity index (χ3v) is 12.9. The van der Waals surface area contributed by atoms with E-state index in [9.17, 15) is 19.2 Å². The lowest BCUT2D eigenvalue weighted by molar-refractivity contribution is -0.135. The van der Waals surface area contributed by atoms with E-state index in [1.807, 2.05) is 55.3 Å². The second-order valence-corrected chi connectivity index (χ2v) is 17.5. The monoisotopic (exact) mass is 859 g/mol. The van der Waals surface area contributed by atoms with Gasteiger partial charge in [-0.05, 0) is 95.7 Å². The minimum atomic E-state index is -0.896. The highest BCUT2D eigenvalue weighted by molar-refractivity contribution is 6.06. The summed E-state index contributed by atoms with van der Waals surface area (Å²) < 4.78 is 9.69. The zero-order valence-electron chi connectivity index (χ0n) is 36.6. The Morgan fingerprint density at radius 2 is 1.52 bits per heavy atom. The van der Waals surface area contributed by atoms with E-state index < -0.39 is 24.3 Å². The van der Waals surface area contributed by atoms with Crippen LogP contribution in [0.5, 0.6) is 0 Å². The number of methoxy groups -OCH3 is 2. The number of H-pyrrole nitrogens is 1. The van der Waals surface area contributed by atoms with Crippen molar-refractivity contribution in [3.8, 4) is 34.2 Å². The number of amides is 4. The molecule has 4 atom stereocenters. The Morgan fingerprint density at radius 1 is 0.797 bits per heavy atom. The number of aromatic nitrogens is 2. The molecule has 0 bridgehead atoms. The van der Waals surface area contributed by atoms with E-state index in [0.717, 1.165) is 94.2 Å². The van der Waals surface area contributed by atoms with Gasteiger partial charge in [0, 0.05) is 42.3 Å². The molecule has 13 nitrogen and oxygen atoms in total. The summed E-state index contributed by atoms with van der Waals surface area (Å²) >= 11 is 0. The standard InChI is InChI=1S/C51H53N7O6/c1-30(2)45(55-50(61)63-3)48(59)57-24-8-12-43(57)41-28-39-38-22-18-34(26-35(38)20-23-40(39)53-41)37-21-19-36(27-33(37)17-16-31-14-15-31)42-29-52-47(54-42)44-13-9-25-58(44)49(60)46(56-51(62)64-4)32-10-6-5-7-11-32/h5-7,10-11,18-23,26-27,29-31,43-46H,8-9,12-15,24-25,28H2,1-4H3,(H,52,54)(H,55,61)(H,56,62)/t43-,44-,45-,46+/m0/s1. The summed E-state index contributed by atoms with van der Waals surface area (Å²) in [6.07, 6.45) is 6.66. The van der Waals surface area contributed by atoms with Gasteiger partial charge in [0.15, 0.2) is 0 Å². The number of ether oxygens (including phenoxy) is 2. The topological polar surface area (TPSA) is 158 Å². The number of likely N-dealkylation sites (tertiary alicyclic amines) is 2. The van der Waals surface area contributed by atoms with Gasteiger partial charge in [-0.15, -0.1) is 0 Å². The van der Waals surface area contributed by atoms with Gasteiger partial charge in [-0.25, -0.2) is 14.6 Å². The van der Waals surface area contributed by atoms with Gasteiger partial charge in [0.25, 0.3) is 5.91 Å². The van der Waals surface area contributed by atoms with E-state index in [1.165, 1.54) is 14.2 Å². The van der Waals surface area contributed by atoms with E-state index in [0.29, 0.717) is 36.8 Å². The van der Waals surface area contributed by atoms with Gasteiger partial charge in [0.05, 0.1) is 43.9 Å². The lowest BCUT2D eigenvalue weighted by atomic mass is 9.92. The number of alkyl carbamates (subject to hydrolysis) is 2. The van der Waals surface area contributed by atoms with E-state index in [-0.39, 0.29) is 29.8 Å². The van der Waals surface area contributed by atoms with E-state index in [2.05, 4.69) is 76.0 Å². The number of nitrogens with zero attached hydrogens (tertiary/aromatic N) is 4. The Balaban J connectivity index is 0.953. The number of hydrogen-bond donors (Lipinski definition) is 3. The molecule has 13 heteroatoms. The van der Waals surface area contributed by atoms with Crippen molar-refractivity contribution < 1.29 is 28.7 Å². The molecular formula is C51H53N7O6. The molecule has 1 aliphatic carbocycles. The van der Waals surface area contributed by atoms with Crippen molar-refractivity contribution in [3.05, 3.63) is 108 Å². The third kappa shape index (κ3) is 8.57. The van der Waals surface area contributed by atoms with Crippen LogP contribution in [-0.2, 0) is 25.5 Å². The first kappa shape index (κ1) is 42.4. The third-order valence-electron chi connectivity index (χ3n) is 12.9. The Morgan fingerprint density at radius 3 is 2.25 bits per heavy atom. The Bertz CT molecular complexity index is 2710. The maximum Gasteiger partial charge on any atom is 0.407 e. The highest BCUT2D eigenvalue weighted by Crippen LogP contribution is 2.40. The van der Waals surface area contributed by atoms with Gasteiger partial charge in [-0.2, -0.15) is 0 Å². The van der Waals surface area contributed by atoms with Crippen LogP contribution in [0.15, 0.2) is 90.1 Å². The number of fused-ring (bicyclic) bond motifs is 3. The van der Waals surface area contributed by atoms with Crippen molar-refractivity contribution in [2.45, 2.75) is 83.0 Å². The van der Waals surface area contributed by atoms with Gasteiger partial charge in [0.1, 0.15) is 17.9 Å². The van der Waals surface area contributed by atoms with Gasteiger partial charge in [-0.3, -0.25) is 14.6 Å².